The first-order chi connectivity index (χ1) is 11.2. The van der Waals surface area contributed by atoms with E-state index in [1.807, 2.05) is 39.8 Å². The number of aromatic nitrogens is 1. The molecular weight excluding hydrogens is 370 g/mol. The molecule has 0 spiro atoms. The van der Waals surface area contributed by atoms with Gasteiger partial charge in [-0.25, -0.2) is 0 Å². The van der Waals surface area contributed by atoms with Gasteiger partial charge in [0.2, 0.25) is 0 Å². The quantitative estimate of drug-likeness (QED) is 0.834. The van der Waals surface area contributed by atoms with Gasteiger partial charge in [-0.1, -0.05) is 15.9 Å². The smallest absolute Gasteiger partial charge is 0.274 e. The van der Waals surface area contributed by atoms with Gasteiger partial charge in [-0.2, -0.15) is 0 Å². The van der Waals surface area contributed by atoms with Crippen molar-refractivity contribution in [3.8, 4) is 0 Å². The first kappa shape index (κ1) is 18.1. The molecule has 0 radical (unpaired) electrons. The molecule has 2 N–H and O–H groups in total. The van der Waals surface area contributed by atoms with Gasteiger partial charge in [-0.15, -0.1) is 0 Å². The number of carbonyl (C=O) groups is 2. The van der Waals surface area contributed by atoms with Crippen molar-refractivity contribution < 1.29 is 9.59 Å². The van der Waals surface area contributed by atoms with Gasteiger partial charge < -0.3 is 10.6 Å². The summed E-state index contributed by atoms with van der Waals surface area (Å²) in [4.78, 5) is 28.6. The molecule has 0 aliphatic heterocycles. The first-order valence-electron chi connectivity index (χ1n) is 7.52. The van der Waals surface area contributed by atoms with Crippen LogP contribution in [0.3, 0.4) is 0 Å². The minimum Gasteiger partial charge on any atom is -0.347 e. The van der Waals surface area contributed by atoms with Crippen LogP contribution >= 0.6 is 15.9 Å². The van der Waals surface area contributed by atoms with Crippen LogP contribution in [0.15, 0.2) is 41.0 Å². The summed E-state index contributed by atoms with van der Waals surface area (Å²) in [6.07, 6.45) is 1.46. The third-order valence-corrected chi connectivity index (χ3v) is 4.05. The molecule has 0 unspecified atom stereocenters. The van der Waals surface area contributed by atoms with Crippen LogP contribution in [0.5, 0.6) is 0 Å². The Morgan fingerprint density at radius 3 is 2.42 bits per heavy atom. The van der Waals surface area contributed by atoms with E-state index in [1.165, 1.54) is 12.3 Å². The third kappa shape index (κ3) is 4.89. The van der Waals surface area contributed by atoms with Crippen molar-refractivity contribution in [3.63, 3.8) is 0 Å². The highest BCUT2D eigenvalue weighted by Gasteiger charge is 2.17. The number of amides is 2. The Bertz CT molecular complexity index is 782. The molecule has 5 nitrogen and oxygen atoms in total. The predicted octanol–water partition coefficient (Wildman–Crippen LogP) is 3.93. The molecule has 2 aromatic rings. The van der Waals surface area contributed by atoms with E-state index in [9.17, 15) is 9.59 Å². The Kier molecular flexibility index (Phi) is 5.39. The fourth-order valence-electron chi connectivity index (χ4n) is 2.03. The van der Waals surface area contributed by atoms with Gasteiger partial charge >= 0.3 is 0 Å². The molecule has 1 aromatic heterocycles. The molecular formula is C18H20BrN3O2. The second-order valence-electron chi connectivity index (χ2n) is 6.55. The number of pyridine rings is 1. The number of hydrogen-bond donors (Lipinski definition) is 2. The number of rotatable bonds is 3. The first-order valence-corrected chi connectivity index (χ1v) is 8.31. The number of halogens is 1. The van der Waals surface area contributed by atoms with Crippen molar-refractivity contribution in [2.75, 3.05) is 5.32 Å². The van der Waals surface area contributed by atoms with Crippen LogP contribution in [0.25, 0.3) is 0 Å². The lowest BCUT2D eigenvalue weighted by Gasteiger charge is -2.20. The molecule has 2 rings (SSSR count). The van der Waals surface area contributed by atoms with Crippen LogP contribution in [0.2, 0.25) is 0 Å². The average Bonchev–Trinajstić information content (AvgIpc) is 2.49. The molecule has 6 heteroatoms. The van der Waals surface area contributed by atoms with Gasteiger partial charge in [0.25, 0.3) is 11.8 Å². The highest BCUT2D eigenvalue weighted by atomic mass is 79.9. The van der Waals surface area contributed by atoms with Crippen LogP contribution in [-0.2, 0) is 0 Å². The average molecular weight is 390 g/mol. The number of benzene rings is 1. The molecule has 126 valence electrons. The standard InChI is InChI=1S/C18H20BrN3O2/c1-11-9-13(5-6-14(11)19)21-17(24)15-10-12(7-8-20-15)16(23)22-18(2,3)4/h5-10H,1-4H3,(H,21,24)(H,22,23). The second kappa shape index (κ2) is 7.13. The molecule has 2 amide bonds. The number of nitrogens with zero attached hydrogens (tertiary/aromatic N) is 1. The number of anilines is 1. The van der Waals surface area contributed by atoms with Crippen molar-refractivity contribution in [3.05, 3.63) is 57.8 Å². The summed E-state index contributed by atoms with van der Waals surface area (Å²) in [5, 5.41) is 5.65. The minimum atomic E-state index is -0.359. The molecule has 0 saturated heterocycles. The molecule has 0 atom stereocenters. The lowest BCUT2D eigenvalue weighted by atomic mass is 10.1. The lowest BCUT2D eigenvalue weighted by Crippen LogP contribution is -2.40. The van der Waals surface area contributed by atoms with Crippen molar-refractivity contribution in [1.29, 1.82) is 0 Å². The predicted molar refractivity (Wildman–Crippen MR) is 98.3 cm³/mol. The monoisotopic (exact) mass is 389 g/mol. The maximum absolute atomic E-state index is 12.4. The van der Waals surface area contributed by atoms with Crippen LogP contribution in [0, 0.1) is 6.92 Å². The van der Waals surface area contributed by atoms with Crippen molar-refractivity contribution in [2.24, 2.45) is 0 Å². The van der Waals surface area contributed by atoms with E-state index in [-0.39, 0.29) is 23.0 Å². The van der Waals surface area contributed by atoms with Crippen molar-refractivity contribution >= 4 is 33.4 Å². The summed E-state index contributed by atoms with van der Waals surface area (Å²) in [6.45, 7) is 7.64. The van der Waals surface area contributed by atoms with Crippen LogP contribution < -0.4 is 10.6 Å². The van der Waals surface area contributed by atoms with E-state index < -0.39 is 0 Å². The van der Waals surface area contributed by atoms with Crippen LogP contribution in [0.4, 0.5) is 5.69 Å². The van der Waals surface area contributed by atoms with E-state index >= 15 is 0 Å². The summed E-state index contributed by atoms with van der Waals surface area (Å²) in [6, 6.07) is 8.60. The third-order valence-electron chi connectivity index (χ3n) is 3.16. The zero-order valence-electron chi connectivity index (χ0n) is 14.1. The zero-order valence-corrected chi connectivity index (χ0v) is 15.7. The molecule has 0 bridgehead atoms. The highest BCUT2D eigenvalue weighted by molar-refractivity contribution is 9.10. The zero-order chi connectivity index (χ0) is 17.9. The van der Waals surface area contributed by atoms with Gasteiger partial charge in [0.1, 0.15) is 5.69 Å². The minimum absolute atomic E-state index is 0.192. The van der Waals surface area contributed by atoms with Gasteiger partial charge in [0.15, 0.2) is 0 Å². The van der Waals surface area contributed by atoms with E-state index in [0.29, 0.717) is 11.3 Å². The fraction of sp³-hybridized carbons (Fsp3) is 0.278. The fourth-order valence-corrected chi connectivity index (χ4v) is 2.27. The van der Waals surface area contributed by atoms with Gasteiger partial charge in [0, 0.05) is 27.5 Å². The molecule has 0 aliphatic carbocycles. The second-order valence-corrected chi connectivity index (χ2v) is 7.41. The molecule has 0 saturated carbocycles. The Morgan fingerprint density at radius 1 is 1.08 bits per heavy atom. The van der Waals surface area contributed by atoms with E-state index in [0.717, 1.165) is 10.0 Å². The molecule has 0 fully saturated rings. The maximum Gasteiger partial charge on any atom is 0.274 e. The number of nitrogens with one attached hydrogen (secondary N) is 2. The maximum atomic E-state index is 12.4. The van der Waals surface area contributed by atoms with Crippen molar-refractivity contribution in [2.45, 2.75) is 33.2 Å². The van der Waals surface area contributed by atoms with Gasteiger partial charge in [-0.3, -0.25) is 14.6 Å². The van der Waals surface area contributed by atoms with E-state index in [4.69, 9.17) is 0 Å². The highest BCUT2D eigenvalue weighted by Crippen LogP contribution is 2.20. The molecule has 1 aromatic carbocycles. The Morgan fingerprint density at radius 2 is 1.79 bits per heavy atom. The Balaban J connectivity index is 2.16. The summed E-state index contributed by atoms with van der Waals surface area (Å²) in [5.74, 6) is -0.597. The summed E-state index contributed by atoms with van der Waals surface area (Å²) < 4.78 is 0.972. The van der Waals surface area contributed by atoms with Crippen LogP contribution in [0.1, 0.15) is 47.2 Å². The number of aryl methyl sites for hydroxylation is 1. The molecule has 1 heterocycles. The molecule has 24 heavy (non-hydrogen) atoms. The van der Waals surface area contributed by atoms with Crippen molar-refractivity contribution in [1.82, 2.24) is 10.3 Å². The largest absolute Gasteiger partial charge is 0.347 e. The van der Waals surface area contributed by atoms with E-state index in [1.54, 1.807) is 12.1 Å². The lowest BCUT2D eigenvalue weighted by molar-refractivity contribution is 0.0919. The number of carbonyl (C=O) groups excluding carboxylic acids is 2. The number of hydrogen-bond acceptors (Lipinski definition) is 3. The van der Waals surface area contributed by atoms with Gasteiger partial charge in [0.05, 0.1) is 0 Å². The van der Waals surface area contributed by atoms with Crippen LogP contribution in [-0.4, -0.2) is 22.3 Å². The summed E-state index contributed by atoms with van der Waals surface area (Å²) in [7, 11) is 0. The Hall–Kier alpha value is -2.21. The summed E-state index contributed by atoms with van der Waals surface area (Å²) in [5.41, 5.74) is 1.93. The summed E-state index contributed by atoms with van der Waals surface area (Å²) >= 11 is 3.42. The normalized spacial score (nSPS) is 11.0. The topological polar surface area (TPSA) is 71.1 Å². The van der Waals surface area contributed by atoms with E-state index in [2.05, 4.69) is 31.5 Å². The SMILES string of the molecule is Cc1cc(NC(=O)c2cc(C(=O)NC(C)(C)C)ccn2)ccc1Br. The van der Waals surface area contributed by atoms with Gasteiger partial charge in [-0.05, 0) is 63.6 Å². The molecule has 0 aliphatic rings. The Labute approximate surface area is 150 Å².